The van der Waals surface area contributed by atoms with Gasteiger partial charge in [-0.25, -0.2) is 4.99 Å². The summed E-state index contributed by atoms with van der Waals surface area (Å²) in [6.07, 6.45) is 1.77. The summed E-state index contributed by atoms with van der Waals surface area (Å²) in [6.45, 7) is 7.62. The lowest BCUT2D eigenvalue weighted by atomic mass is 9.94. The molecule has 1 aliphatic rings. The molecule has 0 unspecified atom stereocenters. The van der Waals surface area contributed by atoms with Gasteiger partial charge in [0.25, 0.3) is 0 Å². The van der Waals surface area contributed by atoms with Crippen molar-refractivity contribution in [2.45, 2.75) is 38.8 Å². The van der Waals surface area contributed by atoms with Gasteiger partial charge in [0.2, 0.25) is 0 Å². The van der Waals surface area contributed by atoms with Crippen molar-refractivity contribution in [2.24, 2.45) is 4.99 Å². The number of aliphatic imine (C=N–C) groups is 1. The molecule has 0 bridgehead atoms. The van der Waals surface area contributed by atoms with Crippen LogP contribution in [0.2, 0.25) is 0 Å². The van der Waals surface area contributed by atoms with Crippen molar-refractivity contribution in [2.75, 3.05) is 33.4 Å². The number of ether oxygens (including phenoxy) is 2. The van der Waals surface area contributed by atoms with E-state index in [1.807, 2.05) is 18.2 Å². The molecule has 2 aromatic rings. The number of rotatable bonds is 6. The number of hydrogen-bond acceptors (Lipinski definition) is 4. The Kier molecular flexibility index (Phi) is 8.37. The zero-order valence-electron chi connectivity index (χ0n) is 16.3. The molecular weight excluding hydrogens is 457 g/mol. The predicted molar refractivity (Wildman–Crippen MR) is 119 cm³/mol. The zero-order chi connectivity index (χ0) is 18.4. The van der Waals surface area contributed by atoms with Gasteiger partial charge < -0.3 is 24.5 Å². The van der Waals surface area contributed by atoms with Crippen LogP contribution >= 0.6 is 24.0 Å². The molecule has 0 spiro atoms. The summed E-state index contributed by atoms with van der Waals surface area (Å²) in [6, 6.07) is 8.09. The first-order valence-electron chi connectivity index (χ1n) is 9.29. The van der Waals surface area contributed by atoms with Crippen LogP contribution < -0.4 is 10.6 Å². The molecule has 0 atom stereocenters. The van der Waals surface area contributed by atoms with Gasteiger partial charge in [-0.3, -0.25) is 0 Å². The van der Waals surface area contributed by atoms with Gasteiger partial charge in [-0.05, 0) is 19.9 Å². The Labute approximate surface area is 178 Å². The SMILES string of the molecule is CCNC(=NCc1oc2ccccc2c1C)NCC1(OC)CCOCC1.I. The molecule has 2 heterocycles. The van der Waals surface area contributed by atoms with E-state index >= 15 is 0 Å². The number of halogens is 1. The van der Waals surface area contributed by atoms with E-state index in [2.05, 4.69) is 30.5 Å². The molecule has 150 valence electrons. The highest BCUT2D eigenvalue weighted by atomic mass is 127. The number of furan rings is 1. The first-order valence-corrected chi connectivity index (χ1v) is 9.29. The minimum Gasteiger partial charge on any atom is -0.459 e. The molecular formula is C20H30IN3O3. The lowest BCUT2D eigenvalue weighted by molar-refractivity contribution is -0.0855. The Balaban J connectivity index is 0.00000261. The highest BCUT2D eigenvalue weighted by Crippen LogP contribution is 2.25. The van der Waals surface area contributed by atoms with Crippen molar-refractivity contribution >= 4 is 40.9 Å². The first kappa shape index (κ1) is 22.0. The Morgan fingerprint density at radius 3 is 2.63 bits per heavy atom. The Morgan fingerprint density at radius 1 is 1.22 bits per heavy atom. The largest absolute Gasteiger partial charge is 0.459 e. The van der Waals surface area contributed by atoms with Crippen LogP contribution in [0.4, 0.5) is 0 Å². The summed E-state index contributed by atoms with van der Waals surface area (Å²) in [5, 5.41) is 7.87. The average Bonchev–Trinajstić information content (AvgIpc) is 3.01. The van der Waals surface area contributed by atoms with Gasteiger partial charge in [0.15, 0.2) is 5.96 Å². The average molecular weight is 487 g/mol. The highest BCUT2D eigenvalue weighted by Gasteiger charge is 2.32. The van der Waals surface area contributed by atoms with E-state index in [0.717, 1.165) is 60.9 Å². The summed E-state index contributed by atoms with van der Waals surface area (Å²) >= 11 is 0. The van der Waals surface area contributed by atoms with Crippen LogP contribution in [0, 0.1) is 6.92 Å². The maximum atomic E-state index is 5.96. The third kappa shape index (κ3) is 5.36. The third-order valence-electron chi connectivity index (χ3n) is 5.08. The number of hydrogen-bond donors (Lipinski definition) is 2. The number of guanidine groups is 1. The number of nitrogens with zero attached hydrogens (tertiary/aromatic N) is 1. The molecule has 1 saturated heterocycles. The molecule has 0 aliphatic carbocycles. The van der Waals surface area contributed by atoms with Crippen molar-refractivity contribution in [3.8, 4) is 0 Å². The van der Waals surface area contributed by atoms with E-state index in [0.29, 0.717) is 13.1 Å². The number of fused-ring (bicyclic) bond motifs is 1. The van der Waals surface area contributed by atoms with E-state index in [4.69, 9.17) is 18.9 Å². The quantitative estimate of drug-likeness (QED) is 0.370. The molecule has 7 heteroatoms. The fourth-order valence-corrected chi connectivity index (χ4v) is 3.31. The number of para-hydroxylation sites is 1. The van der Waals surface area contributed by atoms with Gasteiger partial charge in [-0.15, -0.1) is 24.0 Å². The van der Waals surface area contributed by atoms with Crippen molar-refractivity contribution < 1.29 is 13.9 Å². The summed E-state index contributed by atoms with van der Waals surface area (Å²) in [4.78, 5) is 4.70. The summed E-state index contributed by atoms with van der Waals surface area (Å²) < 4.78 is 17.2. The van der Waals surface area contributed by atoms with Crippen molar-refractivity contribution in [3.05, 3.63) is 35.6 Å². The van der Waals surface area contributed by atoms with Crippen LogP contribution in [0.15, 0.2) is 33.7 Å². The Hall–Kier alpha value is -1.32. The summed E-state index contributed by atoms with van der Waals surface area (Å²) in [5.74, 6) is 1.67. The molecule has 1 aromatic carbocycles. The van der Waals surface area contributed by atoms with Crippen LogP contribution in [0.5, 0.6) is 0 Å². The van der Waals surface area contributed by atoms with Crippen LogP contribution in [0.3, 0.4) is 0 Å². The lowest BCUT2D eigenvalue weighted by Crippen LogP contribution is -2.50. The number of nitrogens with one attached hydrogen (secondary N) is 2. The van der Waals surface area contributed by atoms with Crippen molar-refractivity contribution in [1.82, 2.24) is 10.6 Å². The van der Waals surface area contributed by atoms with E-state index in [9.17, 15) is 0 Å². The van der Waals surface area contributed by atoms with Gasteiger partial charge in [-0.2, -0.15) is 0 Å². The van der Waals surface area contributed by atoms with Crippen LogP contribution in [-0.2, 0) is 16.0 Å². The predicted octanol–water partition coefficient (Wildman–Crippen LogP) is 3.61. The fourth-order valence-electron chi connectivity index (χ4n) is 3.31. The van der Waals surface area contributed by atoms with Crippen LogP contribution in [0.1, 0.15) is 31.1 Å². The second-order valence-electron chi connectivity index (χ2n) is 6.69. The molecule has 1 fully saturated rings. The number of benzene rings is 1. The number of methoxy groups -OCH3 is 1. The molecule has 1 aliphatic heterocycles. The van der Waals surface area contributed by atoms with Crippen LogP contribution in [0.25, 0.3) is 11.0 Å². The van der Waals surface area contributed by atoms with E-state index in [1.165, 1.54) is 0 Å². The maximum absolute atomic E-state index is 5.96. The van der Waals surface area contributed by atoms with E-state index in [1.54, 1.807) is 7.11 Å². The topological polar surface area (TPSA) is 68.0 Å². The van der Waals surface area contributed by atoms with Gasteiger partial charge in [0.1, 0.15) is 17.9 Å². The summed E-state index contributed by atoms with van der Waals surface area (Å²) in [7, 11) is 1.77. The molecule has 1 aromatic heterocycles. The second kappa shape index (κ2) is 10.3. The molecule has 0 amide bonds. The molecule has 0 radical (unpaired) electrons. The molecule has 27 heavy (non-hydrogen) atoms. The normalized spacial score (nSPS) is 16.8. The van der Waals surface area contributed by atoms with Gasteiger partial charge in [0, 0.05) is 57.2 Å². The fraction of sp³-hybridized carbons (Fsp3) is 0.550. The molecule has 3 rings (SSSR count). The standard InChI is InChI=1S/C20H29N3O3.HI/c1-4-21-19(23-14-20(24-3)9-11-25-12-10-20)22-13-18-15(2)16-7-5-6-8-17(16)26-18;/h5-8H,4,9-14H2,1-3H3,(H2,21,22,23);1H. The number of aryl methyl sites for hydroxylation is 1. The Bertz CT molecular complexity index is 754. The monoisotopic (exact) mass is 487 g/mol. The summed E-state index contributed by atoms with van der Waals surface area (Å²) in [5.41, 5.74) is 1.87. The minimum absolute atomic E-state index is 0. The third-order valence-corrected chi connectivity index (χ3v) is 5.08. The Morgan fingerprint density at radius 2 is 1.96 bits per heavy atom. The van der Waals surface area contributed by atoms with Crippen molar-refractivity contribution in [3.63, 3.8) is 0 Å². The van der Waals surface area contributed by atoms with Crippen molar-refractivity contribution in [1.29, 1.82) is 0 Å². The minimum atomic E-state index is -0.191. The second-order valence-corrected chi connectivity index (χ2v) is 6.69. The molecule has 2 N–H and O–H groups in total. The van der Waals surface area contributed by atoms with Gasteiger partial charge in [-0.1, -0.05) is 18.2 Å². The molecule has 6 nitrogen and oxygen atoms in total. The first-order chi connectivity index (χ1) is 12.7. The maximum Gasteiger partial charge on any atom is 0.191 e. The van der Waals surface area contributed by atoms with Gasteiger partial charge in [0.05, 0.1) is 5.60 Å². The zero-order valence-corrected chi connectivity index (χ0v) is 18.7. The van der Waals surface area contributed by atoms with Crippen LogP contribution in [-0.4, -0.2) is 45.0 Å². The smallest absolute Gasteiger partial charge is 0.191 e. The van der Waals surface area contributed by atoms with Gasteiger partial charge >= 0.3 is 0 Å². The highest BCUT2D eigenvalue weighted by molar-refractivity contribution is 14.0. The van der Waals surface area contributed by atoms with E-state index < -0.39 is 0 Å². The van der Waals surface area contributed by atoms with E-state index in [-0.39, 0.29) is 29.6 Å². The molecule has 0 saturated carbocycles. The lowest BCUT2D eigenvalue weighted by Gasteiger charge is -2.36.